The van der Waals surface area contributed by atoms with E-state index in [1.54, 1.807) is 0 Å². The second-order valence-electron chi connectivity index (χ2n) is 6.93. The molecule has 0 N–H and O–H groups in total. The number of fused-ring (bicyclic) bond motifs is 3. The van der Waals surface area contributed by atoms with Crippen molar-refractivity contribution in [2.75, 3.05) is 6.61 Å². The first kappa shape index (κ1) is 17.9. The molecule has 4 nitrogen and oxygen atoms in total. The molecule has 0 aliphatic rings. The van der Waals surface area contributed by atoms with Crippen molar-refractivity contribution in [3.8, 4) is 17.6 Å². The molecular weight excluding hydrogens is 348 g/mol. The lowest BCUT2D eigenvalue weighted by molar-refractivity contribution is 0.242. The fraction of sp³-hybridized carbons (Fsp3) is 0.208. The lowest BCUT2D eigenvalue weighted by atomic mass is 10.1. The number of hydrogen-bond acceptors (Lipinski definition) is 3. The number of pyridine rings is 1. The molecule has 0 aliphatic heterocycles. The zero-order valence-electron chi connectivity index (χ0n) is 16.0. The van der Waals surface area contributed by atoms with Crippen molar-refractivity contribution in [1.82, 2.24) is 4.40 Å². The largest absolute Gasteiger partial charge is 0.492 e. The molecule has 0 unspecified atom stereocenters. The Morgan fingerprint density at radius 2 is 1.89 bits per heavy atom. The predicted octanol–water partition coefficient (Wildman–Crippen LogP) is 5.17. The molecule has 2 aromatic heterocycles. The third-order valence-corrected chi connectivity index (χ3v) is 4.62. The summed E-state index contributed by atoms with van der Waals surface area (Å²) in [5.41, 5.74) is 3.62. The molecular formula is C24H21N2O2. The molecule has 0 amide bonds. The van der Waals surface area contributed by atoms with Gasteiger partial charge in [-0.1, -0.05) is 18.2 Å². The van der Waals surface area contributed by atoms with Crippen molar-refractivity contribution in [2.24, 2.45) is 0 Å². The van der Waals surface area contributed by atoms with E-state index in [1.807, 2.05) is 66.9 Å². The van der Waals surface area contributed by atoms with Crippen molar-refractivity contribution in [3.05, 3.63) is 78.0 Å². The Morgan fingerprint density at radius 3 is 2.64 bits per heavy atom. The highest BCUT2D eigenvalue weighted by Gasteiger charge is 2.15. The van der Waals surface area contributed by atoms with Crippen LogP contribution in [-0.2, 0) is 6.42 Å². The van der Waals surface area contributed by atoms with Gasteiger partial charge in [-0.3, -0.25) is 0 Å². The summed E-state index contributed by atoms with van der Waals surface area (Å²) in [7, 11) is 0. The van der Waals surface area contributed by atoms with Crippen molar-refractivity contribution in [1.29, 1.82) is 5.26 Å². The van der Waals surface area contributed by atoms with Gasteiger partial charge in [0.2, 0.25) is 0 Å². The van der Waals surface area contributed by atoms with Crippen molar-refractivity contribution >= 4 is 16.4 Å². The van der Waals surface area contributed by atoms with Gasteiger partial charge in [-0.25, -0.2) is 0 Å². The summed E-state index contributed by atoms with van der Waals surface area (Å²) >= 11 is 0. The summed E-state index contributed by atoms with van der Waals surface area (Å²) in [6.45, 7) is 4.55. The molecule has 0 bridgehead atoms. The van der Waals surface area contributed by atoms with E-state index in [9.17, 15) is 5.26 Å². The van der Waals surface area contributed by atoms with E-state index in [4.69, 9.17) is 9.47 Å². The molecule has 2 aromatic carbocycles. The van der Waals surface area contributed by atoms with Gasteiger partial charge in [0.25, 0.3) is 0 Å². The Labute approximate surface area is 164 Å². The van der Waals surface area contributed by atoms with Gasteiger partial charge in [0.15, 0.2) is 0 Å². The summed E-state index contributed by atoms with van der Waals surface area (Å²) in [5, 5.41) is 10.5. The van der Waals surface area contributed by atoms with E-state index in [0.29, 0.717) is 17.9 Å². The monoisotopic (exact) mass is 369 g/mol. The first-order chi connectivity index (χ1) is 13.7. The quantitative estimate of drug-likeness (QED) is 0.471. The molecule has 0 fully saturated rings. The maximum Gasteiger partial charge on any atom is 0.130 e. The standard InChI is InChI=1S/C24H21N2O2/c1-17(2)28-19-11-9-18(10-12-19)13-15-27-23-8-5-7-22-24(23)20(16-25)21-6-3-4-14-26(21)22/h3-4,6-12,14,17H,13,15H2,1-2H3. The van der Waals surface area contributed by atoms with Crippen LogP contribution in [0.15, 0.2) is 60.8 Å². The van der Waals surface area contributed by atoms with Gasteiger partial charge in [0, 0.05) is 12.6 Å². The number of nitriles is 1. The van der Waals surface area contributed by atoms with Crippen LogP contribution in [0.3, 0.4) is 0 Å². The zero-order chi connectivity index (χ0) is 19.5. The molecule has 0 saturated heterocycles. The van der Waals surface area contributed by atoms with Crippen LogP contribution in [-0.4, -0.2) is 17.1 Å². The van der Waals surface area contributed by atoms with Crippen LogP contribution >= 0.6 is 0 Å². The lowest BCUT2D eigenvalue weighted by Crippen LogP contribution is -2.06. The molecule has 4 rings (SSSR count). The van der Waals surface area contributed by atoms with Crippen molar-refractivity contribution in [3.63, 3.8) is 0 Å². The van der Waals surface area contributed by atoms with E-state index in [-0.39, 0.29) is 6.10 Å². The van der Waals surface area contributed by atoms with Crippen LogP contribution in [0, 0.1) is 17.4 Å². The van der Waals surface area contributed by atoms with Crippen LogP contribution < -0.4 is 9.47 Å². The highest BCUT2D eigenvalue weighted by atomic mass is 16.5. The van der Waals surface area contributed by atoms with E-state index in [0.717, 1.165) is 28.6 Å². The van der Waals surface area contributed by atoms with Crippen molar-refractivity contribution < 1.29 is 9.47 Å². The van der Waals surface area contributed by atoms with Crippen LogP contribution in [0.2, 0.25) is 0 Å². The lowest BCUT2D eigenvalue weighted by Gasteiger charge is -2.11. The number of ether oxygens (including phenoxy) is 2. The van der Waals surface area contributed by atoms with Crippen LogP contribution in [0.5, 0.6) is 11.5 Å². The van der Waals surface area contributed by atoms with Gasteiger partial charge in [-0.15, -0.1) is 0 Å². The molecule has 0 spiro atoms. The van der Waals surface area contributed by atoms with E-state index in [1.165, 1.54) is 5.56 Å². The van der Waals surface area contributed by atoms with Gasteiger partial charge < -0.3 is 13.9 Å². The molecule has 4 heteroatoms. The minimum atomic E-state index is 0.165. The summed E-state index contributed by atoms with van der Waals surface area (Å²) in [4.78, 5) is 0. The third kappa shape index (κ3) is 3.39. The van der Waals surface area contributed by atoms with E-state index >= 15 is 0 Å². The van der Waals surface area contributed by atoms with Crippen LogP contribution in [0.4, 0.5) is 0 Å². The molecule has 0 atom stereocenters. The topological polar surface area (TPSA) is 46.7 Å². The minimum Gasteiger partial charge on any atom is -0.492 e. The fourth-order valence-electron chi connectivity index (χ4n) is 3.41. The predicted molar refractivity (Wildman–Crippen MR) is 110 cm³/mol. The first-order valence-electron chi connectivity index (χ1n) is 9.38. The smallest absolute Gasteiger partial charge is 0.130 e. The summed E-state index contributed by atoms with van der Waals surface area (Å²) in [6, 6.07) is 23.1. The van der Waals surface area contributed by atoms with Gasteiger partial charge in [0.05, 0.1) is 34.7 Å². The highest BCUT2D eigenvalue weighted by molar-refractivity contribution is 5.99. The number of rotatable bonds is 6. The van der Waals surface area contributed by atoms with Crippen LogP contribution in [0.1, 0.15) is 25.0 Å². The van der Waals surface area contributed by atoms with Gasteiger partial charge in [-0.05, 0) is 61.9 Å². The normalized spacial score (nSPS) is 11.1. The Kier molecular flexibility index (Phi) is 4.90. The number of hydrogen-bond donors (Lipinski definition) is 0. The average Bonchev–Trinajstić information content (AvgIpc) is 3.03. The van der Waals surface area contributed by atoms with Gasteiger partial charge in [0.1, 0.15) is 17.6 Å². The van der Waals surface area contributed by atoms with Crippen molar-refractivity contribution in [2.45, 2.75) is 26.4 Å². The van der Waals surface area contributed by atoms with Gasteiger partial charge in [-0.2, -0.15) is 5.26 Å². The second kappa shape index (κ2) is 7.66. The molecule has 2 heterocycles. The summed E-state index contributed by atoms with van der Waals surface area (Å²) in [6.07, 6.45) is 2.89. The summed E-state index contributed by atoms with van der Waals surface area (Å²) in [5.74, 6) is 1.57. The maximum absolute atomic E-state index is 9.70. The maximum atomic E-state index is 9.70. The first-order valence-corrected chi connectivity index (χ1v) is 9.38. The molecule has 139 valence electrons. The second-order valence-corrected chi connectivity index (χ2v) is 6.93. The molecule has 0 aliphatic carbocycles. The van der Waals surface area contributed by atoms with E-state index < -0.39 is 0 Å². The Bertz CT molecular complexity index is 1150. The SMILES string of the molecule is CC(C)Oc1ccc(CCOc2c[c]cc3c2c(C#N)c2ccccn23)cc1. The minimum absolute atomic E-state index is 0.165. The number of aromatic nitrogens is 1. The number of benzene rings is 2. The summed E-state index contributed by atoms with van der Waals surface area (Å²) < 4.78 is 13.7. The van der Waals surface area contributed by atoms with Gasteiger partial charge >= 0.3 is 0 Å². The Morgan fingerprint density at radius 1 is 1.07 bits per heavy atom. The fourth-order valence-corrected chi connectivity index (χ4v) is 3.41. The van der Waals surface area contributed by atoms with Crippen LogP contribution in [0.25, 0.3) is 16.4 Å². The molecule has 28 heavy (non-hydrogen) atoms. The molecule has 4 aromatic rings. The average molecular weight is 369 g/mol. The molecule has 1 radical (unpaired) electrons. The number of nitrogens with zero attached hydrogens (tertiary/aromatic N) is 2. The Hall–Kier alpha value is -3.45. The van der Waals surface area contributed by atoms with E-state index in [2.05, 4.69) is 24.3 Å². The molecule has 0 saturated carbocycles. The third-order valence-electron chi connectivity index (χ3n) is 4.62. The zero-order valence-corrected chi connectivity index (χ0v) is 16.0. The highest BCUT2D eigenvalue weighted by Crippen LogP contribution is 2.33. The Balaban J connectivity index is 1.55.